The molecule has 0 aromatic heterocycles. The Hall–Kier alpha value is 0.147. The van der Waals surface area contributed by atoms with Crippen molar-refractivity contribution in [3.63, 3.8) is 0 Å². The van der Waals surface area contributed by atoms with Gasteiger partial charge in [-0.15, -0.1) is 0 Å². The molecule has 2 heteroatoms. The summed E-state index contributed by atoms with van der Waals surface area (Å²) in [6.07, 6.45) is 0. The van der Waals surface area contributed by atoms with Gasteiger partial charge in [-0.25, -0.2) is 0 Å². The van der Waals surface area contributed by atoms with E-state index in [1.54, 1.807) is 0 Å². The fraction of sp³-hybridized carbons (Fsp3) is 1.00. The fourth-order valence-electron chi connectivity index (χ4n) is 0.354. The topological polar surface area (TPSA) is 0 Å². The van der Waals surface area contributed by atoms with E-state index in [0.717, 1.165) is 0 Å². The van der Waals surface area contributed by atoms with Crippen LogP contribution in [0.3, 0.4) is 0 Å². The molecule has 0 rings (SSSR count). The van der Waals surface area contributed by atoms with Crippen LogP contribution in [0.4, 0.5) is 4.70 Å². The third-order valence-electron chi connectivity index (χ3n) is 0.707. The Labute approximate surface area is 41.1 Å². The minimum atomic E-state index is 0. The summed E-state index contributed by atoms with van der Waals surface area (Å²) in [6, 6.07) is 2.97. The molecule has 0 nitrogen and oxygen atoms in total. The summed E-state index contributed by atoms with van der Waals surface area (Å²) in [7, 11) is 0.432. The zero-order chi connectivity index (χ0) is 4.12. The van der Waals surface area contributed by atoms with E-state index in [0.29, 0.717) is 9.52 Å². The van der Waals surface area contributed by atoms with E-state index in [2.05, 4.69) is 13.8 Å². The van der Waals surface area contributed by atoms with Crippen LogP contribution in [0.15, 0.2) is 0 Å². The average molecular weight is 108 g/mol. The second-order valence-corrected chi connectivity index (χ2v) is 4.06. The Morgan fingerprint density at radius 3 is 1.50 bits per heavy atom. The lowest BCUT2D eigenvalue weighted by Gasteiger charge is -1.77. The highest BCUT2D eigenvalue weighted by molar-refractivity contribution is 6.34. The van der Waals surface area contributed by atoms with Gasteiger partial charge in [-0.1, -0.05) is 25.9 Å². The highest BCUT2D eigenvalue weighted by Gasteiger charge is 1.70. The van der Waals surface area contributed by atoms with Crippen molar-refractivity contribution in [1.82, 2.24) is 0 Å². The zero-order valence-electron chi connectivity index (χ0n) is 4.53. The second-order valence-electron chi connectivity index (χ2n) is 1.35. The third kappa shape index (κ3) is 8.91. The van der Waals surface area contributed by atoms with Crippen LogP contribution in [0.5, 0.6) is 0 Å². The molecule has 0 saturated carbocycles. The molecule has 0 aliphatic carbocycles. The van der Waals surface area contributed by atoms with Gasteiger partial charge < -0.3 is 0 Å². The molecule has 0 atom stereocenters. The van der Waals surface area contributed by atoms with E-state index < -0.39 is 0 Å². The van der Waals surface area contributed by atoms with Gasteiger partial charge in [-0.3, -0.25) is 4.70 Å². The molecule has 0 N–H and O–H groups in total. The predicted octanol–water partition coefficient (Wildman–Crippen LogP) is 1.18. The van der Waals surface area contributed by atoms with Gasteiger partial charge in [0.15, 0.2) is 0 Å². The first-order valence-corrected chi connectivity index (χ1v) is 4.41. The Morgan fingerprint density at radius 2 is 1.50 bits per heavy atom. The molecule has 0 spiro atoms. The largest absolute Gasteiger partial charge is 0.269 e. The van der Waals surface area contributed by atoms with Gasteiger partial charge in [0.05, 0.1) is 0 Å². The Balaban J connectivity index is 0. The maximum Gasteiger partial charge on any atom is 0.0192 e. The van der Waals surface area contributed by atoms with Crippen molar-refractivity contribution < 1.29 is 4.70 Å². The van der Waals surface area contributed by atoms with Crippen LogP contribution in [-0.2, 0) is 0 Å². The molecular formula is C4H13FSi. The number of hydrogen-bond acceptors (Lipinski definition) is 0. The summed E-state index contributed by atoms with van der Waals surface area (Å²) < 4.78 is 0. The first kappa shape index (κ1) is 9.47. The van der Waals surface area contributed by atoms with Crippen molar-refractivity contribution in [2.45, 2.75) is 25.9 Å². The van der Waals surface area contributed by atoms with Crippen LogP contribution >= 0.6 is 0 Å². The van der Waals surface area contributed by atoms with Gasteiger partial charge in [0.25, 0.3) is 0 Å². The van der Waals surface area contributed by atoms with E-state index in [9.17, 15) is 0 Å². The molecular weight excluding hydrogens is 95.1 g/mol. The van der Waals surface area contributed by atoms with Gasteiger partial charge in [0.2, 0.25) is 0 Å². The highest BCUT2D eigenvalue weighted by atomic mass is 28.2. The van der Waals surface area contributed by atoms with Crippen LogP contribution in [-0.4, -0.2) is 9.52 Å². The van der Waals surface area contributed by atoms with Crippen LogP contribution in [0, 0.1) is 0 Å². The number of hydrogen-bond donors (Lipinski definition) is 0. The molecule has 0 radical (unpaired) electrons. The molecule has 0 unspecified atom stereocenters. The zero-order valence-corrected chi connectivity index (χ0v) is 5.94. The van der Waals surface area contributed by atoms with Crippen LogP contribution in [0.1, 0.15) is 13.8 Å². The minimum absolute atomic E-state index is 0. The first-order valence-electron chi connectivity index (χ1n) is 2.41. The summed E-state index contributed by atoms with van der Waals surface area (Å²) in [4.78, 5) is 0. The second kappa shape index (κ2) is 8.94. The summed E-state index contributed by atoms with van der Waals surface area (Å²) in [5, 5.41) is 0. The maximum atomic E-state index is 2.27. The average Bonchev–Trinajstić information content (AvgIpc) is 1.41. The quantitative estimate of drug-likeness (QED) is 0.466. The predicted molar refractivity (Wildman–Crippen MR) is 32.0 cm³/mol. The van der Waals surface area contributed by atoms with E-state index >= 15 is 0 Å². The summed E-state index contributed by atoms with van der Waals surface area (Å²) in [5.41, 5.74) is 0. The summed E-state index contributed by atoms with van der Waals surface area (Å²) in [5.74, 6) is 0. The van der Waals surface area contributed by atoms with Gasteiger partial charge in [0, 0.05) is 9.52 Å². The van der Waals surface area contributed by atoms with Crippen LogP contribution in [0.2, 0.25) is 12.1 Å². The van der Waals surface area contributed by atoms with Crippen LogP contribution < -0.4 is 0 Å². The van der Waals surface area contributed by atoms with Crippen molar-refractivity contribution in [3.8, 4) is 0 Å². The van der Waals surface area contributed by atoms with Gasteiger partial charge in [-0.2, -0.15) is 0 Å². The standard InChI is InChI=1S/C4H12Si.FH/c1-3-5-4-2;/h3-5H2,1-2H3;1H. The normalized spacial score (nSPS) is 7.00. The Kier molecular flexibility index (Phi) is 14.1. The molecule has 6 heavy (non-hydrogen) atoms. The molecule has 0 amide bonds. The molecule has 0 aromatic carbocycles. The Morgan fingerprint density at radius 1 is 1.17 bits per heavy atom. The maximum absolute atomic E-state index is 2.27. The molecule has 0 aliphatic heterocycles. The van der Waals surface area contributed by atoms with Crippen molar-refractivity contribution in [1.29, 1.82) is 0 Å². The monoisotopic (exact) mass is 108 g/mol. The summed E-state index contributed by atoms with van der Waals surface area (Å²) >= 11 is 0. The third-order valence-corrected chi connectivity index (χ3v) is 2.12. The van der Waals surface area contributed by atoms with Gasteiger partial charge >= 0.3 is 0 Å². The first-order chi connectivity index (χ1) is 2.41. The SMILES string of the molecule is CC[SiH2]CC.F. The molecule has 0 heterocycles. The van der Waals surface area contributed by atoms with Crippen molar-refractivity contribution in [3.05, 3.63) is 0 Å². The molecule has 0 bridgehead atoms. The minimum Gasteiger partial charge on any atom is -0.269 e. The van der Waals surface area contributed by atoms with Crippen molar-refractivity contribution >= 4 is 9.52 Å². The van der Waals surface area contributed by atoms with E-state index in [1.165, 1.54) is 12.1 Å². The molecule has 0 aromatic rings. The molecule has 0 aliphatic rings. The van der Waals surface area contributed by atoms with Crippen molar-refractivity contribution in [2.24, 2.45) is 0 Å². The molecule has 0 saturated heterocycles. The van der Waals surface area contributed by atoms with E-state index in [4.69, 9.17) is 0 Å². The number of halogens is 1. The molecule has 40 valence electrons. The Bertz CT molecular complexity index is 15.0. The molecule has 0 fully saturated rings. The van der Waals surface area contributed by atoms with Gasteiger partial charge in [0.1, 0.15) is 0 Å². The lowest BCUT2D eigenvalue weighted by Crippen LogP contribution is -1.76. The summed E-state index contributed by atoms with van der Waals surface area (Å²) in [6.45, 7) is 4.55. The fourth-order valence-corrected chi connectivity index (χ4v) is 1.06. The highest BCUT2D eigenvalue weighted by Crippen LogP contribution is 1.77. The lowest BCUT2D eigenvalue weighted by atomic mass is 11.0. The van der Waals surface area contributed by atoms with Crippen molar-refractivity contribution in [2.75, 3.05) is 0 Å². The smallest absolute Gasteiger partial charge is 0.0192 e. The van der Waals surface area contributed by atoms with Gasteiger partial charge in [-0.05, 0) is 0 Å². The van der Waals surface area contributed by atoms with Crippen LogP contribution in [0.25, 0.3) is 0 Å². The van der Waals surface area contributed by atoms with E-state index in [-0.39, 0.29) is 4.70 Å². The number of rotatable bonds is 2. The lowest BCUT2D eigenvalue weighted by molar-refractivity contribution is 1.11. The van der Waals surface area contributed by atoms with E-state index in [1.807, 2.05) is 0 Å².